The number of ether oxygens (including phenoxy) is 3. The van der Waals surface area contributed by atoms with Crippen molar-refractivity contribution in [2.75, 3.05) is 20.8 Å². The summed E-state index contributed by atoms with van der Waals surface area (Å²) in [5.41, 5.74) is 2.20. The lowest BCUT2D eigenvalue weighted by Gasteiger charge is -2.13. The van der Waals surface area contributed by atoms with Crippen molar-refractivity contribution in [2.24, 2.45) is 0 Å². The maximum atomic E-state index is 14.1. The standard InChI is InChI=1S/C24H19ClF2N2O4/c1-31-22-9-15(25)5-8-17(22)24-28-20-10-18(26)19(27)11-21(20)29(24)12-14-3-6-16(7-4-14)33-13-23(30)32-2/h3-11H,12-13H2,1-2H3. The molecule has 3 aromatic carbocycles. The Labute approximate surface area is 193 Å². The molecule has 9 heteroatoms. The molecule has 0 radical (unpaired) electrons. The highest BCUT2D eigenvalue weighted by Gasteiger charge is 2.19. The highest BCUT2D eigenvalue weighted by Crippen LogP contribution is 2.35. The van der Waals surface area contributed by atoms with Gasteiger partial charge in [-0.25, -0.2) is 18.6 Å². The van der Waals surface area contributed by atoms with E-state index in [-0.39, 0.29) is 6.61 Å². The highest BCUT2D eigenvalue weighted by atomic mass is 35.5. The maximum absolute atomic E-state index is 14.1. The first-order valence-electron chi connectivity index (χ1n) is 9.87. The topological polar surface area (TPSA) is 62.6 Å². The number of nitrogens with zero attached hydrogens (tertiary/aromatic N) is 2. The molecule has 0 spiro atoms. The van der Waals surface area contributed by atoms with Crippen LogP contribution >= 0.6 is 11.6 Å². The summed E-state index contributed by atoms with van der Waals surface area (Å²) >= 11 is 6.10. The first-order chi connectivity index (χ1) is 15.9. The summed E-state index contributed by atoms with van der Waals surface area (Å²) in [4.78, 5) is 15.8. The van der Waals surface area contributed by atoms with Gasteiger partial charge in [0.05, 0.1) is 30.8 Å². The Hall–Kier alpha value is -3.65. The Bertz CT molecular complexity index is 1320. The van der Waals surface area contributed by atoms with E-state index in [4.69, 9.17) is 21.1 Å². The second-order valence-electron chi connectivity index (χ2n) is 7.13. The molecule has 0 aliphatic rings. The van der Waals surface area contributed by atoms with Gasteiger partial charge in [0.25, 0.3) is 0 Å². The molecule has 4 aromatic rings. The number of halogens is 3. The van der Waals surface area contributed by atoms with E-state index in [1.165, 1.54) is 14.2 Å². The van der Waals surface area contributed by atoms with Gasteiger partial charge >= 0.3 is 5.97 Å². The molecule has 0 unspecified atom stereocenters. The van der Waals surface area contributed by atoms with Crippen LogP contribution in [0.2, 0.25) is 5.02 Å². The van der Waals surface area contributed by atoms with Crippen molar-refractivity contribution in [2.45, 2.75) is 6.54 Å². The van der Waals surface area contributed by atoms with E-state index in [1.54, 1.807) is 47.0 Å². The number of aromatic nitrogens is 2. The molecular formula is C24H19ClF2N2O4. The van der Waals surface area contributed by atoms with Crippen LogP contribution in [-0.2, 0) is 16.1 Å². The predicted molar refractivity (Wildman–Crippen MR) is 120 cm³/mol. The number of imidazole rings is 1. The van der Waals surface area contributed by atoms with Crippen molar-refractivity contribution in [1.29, 1.82) is 0 Å². The Morgan fingerprint density at radius 3 is 2.45 bits per heavy atom. The third-order valence-electron chi connectivity index (χ3n) is 5.04. The molecule has 0 fully saturated rings. The number of esters is 1. The summed E-state index contributed by atoms with van der Waals surface area (Å²) in [6.45, 7) is 0.104. The molecule has 170 valence electrons. The third kappa shape index (κ3) is 4.75. The second kappa shape index (κ2) is 9.46. The number of benzene rings is 3. The van der Waals surface area contributed by atoms with Crippen LogP contribution < -0.4 is 9.47 Å². The summed E-state index contributed by atoms with van der Waals surface area (Å²) < 4.78 is 45.2. The Kier molecular flexibility index (Phi) is 6.46. The fraction of sp³-hybridized carbons (Fsp3) is 0.167. The number of carbonyl (C=O) groups is 1. The van der Waals surface area contributed by atoms with E-state index in [0.29, 0.717) is 45.5 Å². The quantitative estimate of drug-likeness (QED) is 0.344. The Balaban J connectivity index is 1.75. The van der Waals surface area contributed by atoms with Crippen LogP contribution in [0.1, 0.15) is 5.56 Å². The molecule has 0 amide bonds. The van der Waals surface area contributed by atoms with Gasteiger partial charge in [0.2, 0.25) is 0 Å². The van der Waals surface area contributed by atoms with Crippen molar-refractivity contribution in [3.63, 3.8) is 0 Å². The minimum Gasteiger partial charge on any atom is -0.496 e. The molecule has 0 N–H and O–H groups in total. The average molecular weight is 473 g/mol. The van der Waals surface area contributed by atoms with E-state index < -0.39 is 17.6 Å². The van der Waals surface area contributed by atoms with Gasteiger partial charge in [0.15, 0.2) is 18.2 Å². The van der Waals surface area contributed by atoms with Crippen LogP contribution in [-0.4, -0.2) is 36.3 Å². The molecule has 6 nitrogen and oxygen atoms in total. The normalized spacial score (nSPS) is 10.9. The molecule has 0 aliphatic carbocycles. The minimum atomic E-state index is -0.978. The molecule has 0 saturated heterocycles. The number of fused-ring (bicyclic) bond motifs is 1. The van der Waals surface area contributed by atoms with Gasteiger partial charge in [-0.2, -0.15) is 0 Å². The molecule has 0 saturated carbocycles. The lowest BCUT2D eigenvalue weighted by molar-refractivity contribution is -0.142. The van der Waals surface area contributed by atoms with Crippen molar-refractivity contribution in [3.05, 3.63) is 76.8 Å². The van der Waals surface area contributed by atoms with Crippen molar-refractivity contribution >= 4 is 28.6 Å². The van der Waals surface area contributed by atoms with Gasteiger partial charge in [-0.1, -0.05) is 23.7 Å². The zero-order chi connectivity index (χ0) is 23.5. The summed E-state index contributed by atoms with van der Waals surface area (Å²) in [5, 5.41) is 0.484. The van der Waals surface area contributed by atoms with Crippen LogP contribution in [0.4, 0.5) is 8.78 Å². The van der Waals surface area contributed by atoms with E-state index in [2.05, 4.69) is 9.72 Å². The monoisotopic (exact) mass is 472 g/mol. The van der Waals surface area contributed by atoms with Gasteiger partial charge in [-0.15, -0.1) is 0 Å². The minimum absolute atomic E-state index is 0.201. The van der Waals surface area contributed by atoms with Gasteiger partial charge in [0.1, 0.15) is 17.3 Å². The first-order valence-corrected chi connectivity index (χ1v) is 10.2. The fourth-order valence-corrected chi connectivity index (χ4v) is 3.57. The van der Waals surface area contributed by atoms with Gasteiger partial charge in [-0.3, -0.25) is 0 Å². The number of rotatable bonds is 7. The second-order valence-corrected chi connectivity index (χ2v) is 7.57. The van der Waals surface area contributed by atoms with Crippen LogP contribution in [0, 0.1) is 11.6 Å². The molecule has 0 aliphatic heterocycles. The number of carbonyl (C=O) groups excluding carboxylic acids is 1. The maximum Gasteiger partial charge on any atom is 0.343 e. The average Bonchev–Trinajstić information content (AvgIpc) is 3.15. The summed E-state index contributed by atoms with van der Waals surface area (Å²) in [6.07, 6.45) is 0. The number of hydrogen-bond acceptors (Lipinski definition) is 5. The smallest absolute Gasteiger partial charge is 0.343 e. The molecular weight excluding hydrogens is 454 g/mol. The Morgan fingerprint density at radius 1 is 1.03 bits per heavy atom. The van der Waals surface area contributed by atoms with Crippen LogP contribution in [0.25, 0.3) is 22.4 Å². The predicted octanol–water partition coefficient (Wildman–Crippen LogP) is 5.24. The number of methoxy groups -OCH3 is 2. The lowest BCUT2D eigenvalue weighted by Crippen LogP contribution is -2.12. The van der Waals surface area contributed by atoms with Gasteiger partial charge < -0.3 is 18.8 Å². The van der Waals surface area contributed by atoms with E-state index >= 15 is 0 Å². The van der Waals surface area contributed by atoms with Crippen molar-refractivity contribution in [1.82, 2.24) is 9.55 Å². The Morgan fingerprint density at radius 2 is 1.76 bits per heavy atom. The molecule has 1 heterocycles. The first kappa shape index (κ1) is 22.5. The van der Waals surface area contributed by atoms with Crippen LogP contribution in [0.3, 0.4) is 0 Å². The zero-order valence-electron chi connectivity index (χ0n) is 17.8. The number of hydrogen-bond donors (Lipinski definition) is 0. The van der Waals surface area contributed by atoms with Crippen molar-refractivity contribution in [3.8, 4) is 22.9 Å². The molecule has 33 heavy (non-hydrogen) atoms. The molecule has 1 aromatic heterocycles. The SMILES string of the molecule is COC(=O)COc1ccc(Cn2c(-c3ccc(Cl)cc3OC)nc3cc(F)c(F)cc32)cc1. The fourth-order valence-electron chi connectivity index (χ4n) is 3.41. The van der Waals surface area contributed by atoms with Crippen LogP contribution in [0.15, 0.2) is 54.6 Å². The van der Waals surface area contributed by atoms with Gasteiger partial charge in [-0.05, 0) is 35.9 Å². The third-order valence-corrected chi connectivity index (χ3v) is 5.28. The van der Waals surface area contributed by atoms with E-state index in [9.17, 15) is 13.6 Å². The summed E-state index contributed by atoms with van der Waals surface area (Å²) in [5.74, 6) is -0.994. The molecule has 0 bridgehead atoms. The van der Waals surface area contributed by atoms with Crippen LogP contribution in [0.5, 0.6) is 11.5 Å². The summed E-state index contributed by atoms with van der Waals surface area (Å²) in [6, 6.07) is 14.3. The van der Waals surface area contributed by atoms with E-state index in [1.807, 2.05) is 0 Å². The molecule has 0 atom stereocenters. The largest absolute Gasteiger partial charge is 0.496 e. The lowest BCUT2D eigenvalue weighted by atomic mass is 10.1. The zero-order valence-corrected chi connectivity index (χ0v) is 18.5. The molecule has 4 rings (SSSR count). The summed E-state index contributed by atoms with van der Waals surface area (Å²) in [7, 11) is 2.79. The highest BCUT2D eigenvalue weighted by molar-refractivity contribution is 6.30. The van der Waals surface area contributed by atoms with Crippen molar-refractivity contribution < 1.29 is 27.8 Å². The van der Waals surface area contributed by atoms with Gasteiger partial charge in [0, 0.05) is 23.7 Å². The van der Waals surface area contributed by atoms with E-state index in [0.717, 1.165) is 17.7 Å².